The van der Waals surface area contributed by atoms with Gasteiger partial charge in [0.15, 0.2) is 0 Å². The highest BCUT2D eigenvalue weighted by molar-refractivity contribution is 5.95. The number of para-hydroxylation sites is 1. The molecule has 1 aromatic heterocycles. The lowest BCUT2D eigenvalue weighted by molar-refractivity contribution is 0.0933. The molecule has 1 heterocycles. The Bertz CT molecular complexity index is 675. The van der Waals surface area contributed by atoms with Gasteiger partial charge in [-0.25, -0.2) is 4.68 Å². The Morgan fingerprint density at radius 1 is 1.30 bits per heavy atom. The zero-order valence-electron chi connectivity index (χ0n) is 14.3. The fraction of sp³-hybridized carbons (Fsp3) is 0.444. The minimum Gasteiger partial charge on any atom is -0.348 e. The summed E-state index contributed by atoms with van der Waals surface area (Å²) in [5.41, 5.74) is 9.29. The van der Waals surface area contributed by atoms with Crippen molar-refractivity contribution in [1.29, 1.82) is 0 Å². The number of hydrogen-bond acceptors (Lipinski definition) is 3. The molecule has 0 radical (unpaired) electrons. The molecule has 5 heteroatoms. The number of nitrogens with two attached hydrogens (primary N) is 1. The Labute approximate surface area is 137 Å². The first-order valence-electron chi connectivity index (χ1n) is 8.05. The number of aromatic nitrogens is 2. The number of aryl methyl sites for hydroxylation is 1. The monoisotopic (exact) mass is 314 g/mol. The quantitative estimate of drug-likeness (QED) is 0.861. The minimum atomic E-state index is -0.113. The average Bonchev–Trinajstić information content (AvgIpc) is 2.88. The van der Waals surface area contributed by atoms with Crippen LogP contribution in [0.2, 0.25) is 0 Å². The first kappa shape index (κ1) is 17.2. The third-order valence-electron chi connectivity index (χ3n) is 3.97. The predicted octanol–water partition coefficient (Wildman–Crippen LogP) is 2.59. The molecule has 2 rings (SSSR count). The molecule has 0 aliphatic heterocycles. The number of nitrogens with one attached hydrogen (secondary N) is 1. The Balaban J connectivity index is 2.22. The van der Waals surface area contributed by atoms with Crippen LogP contribution in [0.4, 0.5) is 0 Å². The molecule has 0 saturated carbocycles. The van der Waals surface area contributed by atoms with Gasteiger partial charge in [-0.3, -0.25) is 4.79 Å². The zero-order chi connectivity index (χ0) is 17.0. The highest BCUT2D eigenvalue weighted by Gasteiger charge is 2.19. The zero-order valence-corrected chi connectivity index (χ0v) is 14.3. The molecule has 0 aliphatic rings. The van der Waals surface area contributed by atoms with Gasteiger partial charge in [-0.15, -0.1) is 0 Å². The molecule has 3 N–H and O–H groups in total. The van der Waals surface area contributed by atoms with Crippen LogP contribution in [0.25, 0.3) is 5.69 Å². The van der Waals surface area contributed by atoms with E-state index in [1.807, 2.05) is 42.8 Å². The van der Waals surface area contributed by atoms with Crippen molar-refractivity contribution >= 4 is 5.91 Å². The summed E-state index contributed by atoms with van der Waals surface area (Å²) < 4.78 is 1.81. The molecule has 23 heavy (non-hydrogen) atoms. The van der Waals surface area contributed by atoms with Crippen molar-refractivity contribution in [2.75, 3.05) is 6.54 Å². The van der Waals surface area contributed by atoms with Crippen molar-refractivity contribution in [2.24, 2.45) is 11.7 Å². The van der Waals surface area contributed by atoms with Crippen LogP contribution in [0.3, 0.4) is 0 Å². The Morgan fingerprint density at radius 2 is 2.00 bits per heavy atom. The molecule has 1 atom stereocenters. The third kappa shape index (κ3) is 3.99. The number of nitrogens with zero attached hydrogens (tertiary/aromatic N) is 2. The van der Waals surface area contributed by atoms with Crippen molar-refractivity contribution in [3.8, 4) is 5.69 Å². The smallest absolute Gasteiger partial charge is 0.255 e. The number of rotatable bonds is 6. The van der Waals surface area contributed by atoms with Gasteiger partial charge in [0, 0.05) is 12.6 Å². The highest BCUT2D eigenvalue weighted by atomic mass is 16.1. The summed E-state index contributed by atoms with van der Waals surface area (Å²) in [6, 6.07) is 7.98. The summed E-state index contributed by atoms with van der Waals surface area (Å²) in [7, 11) is 0. The summed E-state index contributed by atoms with van der Waals surface area (Å²) in [6.45, 7) is 8.62. The topological polar surface area (TPSA) is 72.9 Å². The molecular formula is C18H26N4O. The van der Waals surface area contributed by atoms with Crippen LogP contribution in [0.5, 0.6) is 0 Å². The second kappa shape index (κ2) is 7.42. The van der Waals surface area contributed by atoms with Gasteiger partial charge in [0.2, 0.25) is 0 Å². The van der Waals surface area contributed by atoms with Crippen LogP contribution in [0, 0.1) is 19.8 Å². The van der Waals surface area contributed by atoms with Gasteiger partial charge < -0.3 is 11.1 Å². The number of amides is 1. The van der Waals surface area contributed by atoms with E-state index >= 15 is 0 Å². The number of carbonyl (C=O) groups excluding carboxylic acids is 1. The lowest BCUT2D eigenvalue weighted by Gasteiger charge is -2.18. The number of benzene rings is 1. The lowest BCUT2D eigenvalue weighted by Crippen LogP contribution is -2.41. The number of hydrogen-bond donors (Lipinski definition) is 2. The number of carbonyl (C=O) groups is 1. The average molecular weight is 314 g/mol. The van der Waals surface area contributed by atoms with Crippen LogP contribution < -0.4 is 11.1 Å². The van der Waals surface area contributed by atoms with E-state index in [2.05, 4.69) is 24.3 Å². The first-order chi connectivity index (χ1) is 10.9. The molecule has 1 aromatic carbocycles. The lowest BCUT2D eigenvalue weighted by atomic mass is 10.0. The van der Waals surface area contributed by atoms with E-state index < -0.39 is 0 Å². The van der Waals surface area contributed by atoms with Gasteiger partial charge in [-0.05, 0) is 37.8 Å². The van der Waals surface area contributed by atoms with Crippen LogP contribution in [-0.2, 0) is 0 Å². The first-order valence-corrected chi connectivity index (χ1v) is 8.05. The molecule has 2 aromatic rings. The van der Waals surface area contributed by atoms with Gasteiger partial charge in [-0.2, -0.15) is 5.10 Å². The van der Waals surface area contributed by atoms with Crippen molar-refractivity contribution in [2.45, 2.75) is 40.2 Å². The van der Waals surface area contributed by atoms with E-state index in [0.29, 0.717) is 18.0 Å². The molecule has 1 amide bonds. The fourth-order valence-corrected chi connectivity index (χ4v) is 2.72. The molecule has 1 unspecified atom stereocenters. The van der Waals surface area contributed by atoms with Gasteiger partial charge in [0.25, 0.3) is 5.91 Å². The van der Waals surface area contributed by atoms with E-state index in [4.69, 9.17) is 5.73 Å². The normalized spacial score (nSPS) is 12.4. The molecule has 0 fully saturated rings. The standard InChI is InChI=1S/C18H26N4O/c1-12(2)9-15(10-19)21-18(23)16-11-20-22(14(16)4)17-8-6-5-7-13(17)3/h5-8,11-12,15H,9-10,19H2,1-4H3,(H,21,23). The molecule has 0 spiro atoms. The summed E-state index contributed by atoms with van der Waals surface area (Å²) >= 11 is 0. The predicted molar refractivity (Wildman–Crippen MR) is 92.8 cm³/mol. The maximum atomic E-state index is 12.5. The van der Waals surface area contributed by atoms with E-state index in [0.717, 1.165) is 23.4 Å². The Hall–Kier alpha value is -2.14. The van der Waals surface area contributed by atoms with Crippen molar-refractivity contribution < 1.29 is 4.79 Å². The summed E-state index contributed by atoms with van der Waals surface area (Å²) in [5, 5.41) is 7.40. The SMILES string of the molecule is Cc1ccccc1-n1ncc(C(=O)NC(CN)CC(C)C)c1C. The van der Waals surface area contributed by atoms with Crippen LogP contribution in [-0.4, -0.2) is 28.3 Å². The fourth-order valence-electron chi connectivity index (χ4n) is 2.72. The van der Waals surface area contributed by atoms with E-state index in [-0.39, 0.29) is 11.9 Å². The van der Waals surface area contributed by atoms with E-state index in [1.54, 1.807) is 6.20 Å². The molecule has 124 valence electrons. The summed E-state index contributed by atoms with van der Waals surface area (Å²) in [5.74, 6) is 0.373. The summed E-state index contributed by atoms with van der Waals surface area (Å²) in [4.78, 5) is 12.5. The maximum absolute atomic E-state index is 12.5. The molecule has 0 saturated heterocycles. The summed E-state index contributed by atoms with van der Waals surface area (Å²) in [6.07, 6.45) is 2.49. The van der Waals surface area contributed by atoms with E-state index in [9.17, 15) is 4.79 Å². The Kier molecular flexibility index (Phi) is 5.55. The molecule has 5 nitrogen and oxygen atoms in total. The molecular weight excluding hydrogens is 288 g/mol. The van der Waals surface area contributed by atoms with Crippen molar-refractivity contribution in [1.82, 2.24) is 15.1 Å². The third-order valence-corrected chi connectivity index (χ3v) is 3.97. The van der Waals surface area contributed by atoms with E-state index in [1.165, 1.54) is 0 Å². The van der Waals surface area contributed by atoms with Crippen LogP contribution in [0.15, 0.2) is 30.5 Å². The highest BCUT2D eigenvalue weighted by Crippen LogP contribution is 2.17. The van der Waals surface area contributed by atoms with Gasteiger partial charge in [0.1, 0.15) is 0 Å². The van der Waals surface area contributed by atoms with Crippen LogP contribution in [0.1, 0.15) is 41.9 Å². The maximum Gasteiger partial charge on any atom is 0.255 e. The van der Waals surface area contributed by atoms with Gasteiger partial charge >= 0.3 is 0 Å². The second-order valence-electron chi connectivity index (χ2n) is 6.38. The van der Waals surface area contributed by atoms with Gasteiger partial charge in [0.05, 0.1) is 23.1 Å². The minimum absolute atomic E-state index is 0.0105. The molecule has 0 aliphatic carbocycles. The van der Waals surface area contributed by atoms with Crippen LogP contribution >= 0.6 is 0 Å². The van der Waals surface area contributed by atoms with Gasteiger partial charge in [-0.1, -0.05) is 32.0 Å². The van der Waals surface area contributed by atoms with Crippen molar-refractivity contribution in [3.63, 3.8) is 0 Å². The largest absolute Gasteiger partial charge is 0.348 e. The second-order valence-corrected chi connectivity index (χ2v) is 6.38. The molecule has 0 bridgehead atoms. The Morgan fingerprint density at radius 3 is 2.61 bits per heavy atom. The van der Waals surface area contributed by atoms with Crippen molar-refractivity contribution in [3.05, 3.63) is 47.3 Å².